The first kappa shape index (κ1) is 28.4. The lowest BCUT2D eigenvalue weighted by Crippen LogP contribution is -2.45. The van der Waals surface area contributed by atoms with E-state index in [0.717, 1.165) is 60.8 Å². The number of aryl methyl sites for hydroxylation is 1. The zero-order valence-electron chi connectivity index (χ0n) is 23.7. The van der Waals surface area contributed by atoms with Crippen LogP contribution >= 0.6 is 0 Å². The molecule has 0 bridgehead atoms. The minimum absolute atomic E-state index is 0.145. The predicted molar refractivity (Wildman–Crippen MR) is 148 cm³/mol. The van der Waals surface area contributed by atoms with Crippen LogP contribution in [0.4, 0.5) is 0 Å². The SMILES string of the molecule is Cc1ccc2oc(CC3(C(=O)OC[C@]4(CO)C/C(=C\CC(CC(C)C)CC(C)C)C(=O)O4)CCC3)cc2c1. The van der Waals surface area contributed by atoms with Crippen molar-refractivity contribution in [1.29, 1.82) is 0 Å². The summed E-state index contributed by atoms with van der Waals surface area (Å²) in [5.74, 6) is 1.72. The third kappa shape index (κ3) is 6.51. The number of hydrogen-bond acceptors (Lipinski definition) is 6. The van der Waals surface area contributed by atoms with Gasteiger partial charge in [-0.3, -0.25) is 4.79 Å². The number of cyclic esters (lactones) is 1. The van der Waals surface area contributed by atoms with Gasteiger partial charge in [-0.15, -0.1) is 0 Å². The number of fused-ring (bicyclic) bond motifs is 1. The van der Waals surface area contributed by atoms with Crippen LogP contribution in [0.3, 0.4) is 0 Å². The first-order valence-corrected chi connectivity index (χ1v) is 14.2. The summed E-state index contributed by atoms with van der Waals surface area (Å²) in [7, 11) is 0. The maximum atomic E-state index is 13.3. The Morgan fingerprint density at radius 3 is 2.45 bits per heavy atom. The molecule has 1 atom stereocenters. The minimum Gasteiger partial charge on any atom is -0.461 e. The average Bonchev–Trinajstić information content (AvgIpc) is 3.37. The molecule has 6 nitrogen and oxygen atoms in total. The number of aliphatic hydroxyl groups excluding tert-OH is 1. The summed E-state index contributed by atoms with van der Waals surface area (Å²) in [5, 5.41) is 11.2. The third-order valence-corrected chi connectivity index (χ3v) is 8.12. The maximum Gasteiger partial charge on any atom is 0.334 e. The quantitative estimate of drug-likeness (QED) is 0.246. The fourth-order valence-electron chi connectivity index (χ4n) is 6.06. The molecule has 6 heteroatoms. The van der Waals surface area contributed by atoms with Gasteiger partial charge in [-0.05, 0) is 75.0 Å². The highest BCUT2D eigenvalue weighted by atomic mass is 16.6. The van der Waals surface area contributed by atoms with Gasteiger partial charge in [0.05, 0.1) is 12.0 Å². The van der Waals surface area contributed by atoms with Crippen molar-refractivity contribution in [2.24, 2.45) is 23.2 Å². The molecule has 38 heavy (non-hydrogen) atoms. The number of hydrogen-bond donors (Lipinski definition) is 1. The Hall–Kier alpha value is -2.60. The highest BCUT2D eigenvalue weighted by Gasteiger charge is 2.49. The second-order valence-corrected chi connectivity index (χ2v) is 12.6. The maximum absolute atomic E-state index is 13.3. The molecule has 0 radical (unpaired) electrons. The molecule has 208 valence electrons. The van der Waals surface area contributed by atoms with Crippen molar-refractivity contribution in [3.8, 4) is 0 Å². The van der Waals surface area contributed by atoms with Crippen molar-refractivity contribution in [1.82, 2.24) is 0 Å². The van der Waals surface area contributed by atoms with Gasteiger partial charge in [0.15, 0.2) is 5.60 Å². The number of carbonyl (C=O) groups excluding carboxylic acids is 2. The summed E-state index contributed by atoms with van der Waals surface area (Å²) in [4.78, 5) is 26.0. The summed E-state index contributed by atoms with van der Waals surface area (Å²) < 4.78 is 17.4. The Morgan fingerprint density at radius 1 is 1.13 bits per heavy atom. The van der Waals surface area contributed by atoms with Crippen LogP contribution in [-0.4, -0.2) is 35.9 Å². The molecule has 2 fully saturated rings. The van der Waals surface area contributed by atoms with Crippen LogP contribution in [0.2, 0.25) is 0 Å². The van der Waals surface area contributed by atoms with Crippen molar-refractivity contribution in [2.45, 2.75) is 91.6 Å². The molecule has 2 heterocycles. The molecule has 1 aliphatic carbocycles. The lowest BCUT2D eigenvalue weighted by atomic mass is 9.66. The van der Waals surface area contributed by atoms with E-state index in [0.29, 0.717) is 29.7 Å². The lowest BCUT2D eigenvalue weighted by molar-refractivity contribution is -0.177. The number of carbonyl (C=O) groups is 2. The van der Waals surface area contributed by atoms with Crippen molar-refractivity contribution < 1.29 is 28.6 Å². The van der Waals surface area contributed by atoms with Crippen LogP contribution in [0.5, 0.6) is 0 Å². The largest absolute Gasteiger partial charge is 0.461 e. The molecule has 2 aromatic rings. The minimum atomic E-state index is -1.22. The highest BCUT2D eigenvalue weighted by molar-refractivity contribution is 5.91. The second kappa shape index (κ2) is 11.6. The molecule has 1 aromatic heterocycles. The standard InChI is InChI=1S/C32H44O6/c1-21(2)13-24(14-22(3)4)8-9-25-17-32(19-33,38-29(25)34)20-36-30(35)31(11-6-12-31)18-27-16-26-15-23(5)7-10-28(26)37-27/h7,9-10,15-16,21-22,24,33H,6,8,11-14,17-20H2,1-5H3/b25-9+/t32-/m1/s1. The Balaban J connectivity index is 1.39. The van der Waals surface area contributed by atoms with Crippen LogP contribution in [-0.2, 0) is 25.5 Å². The zero-order chi connectivity index (χ0) is 27.5. The Bertz CT molecular complexity index is 1160. The van der Waals surface area contributed by atoms with Crippen molar-refractivity contribution in [3.05, 3.63) is 47.2 Å². The van der Waals surface area contributed by atoms with E-state index in [9.17, 15) is 14.7 Å². The van der Waals surface area contributed by atoms with Crippen molar-refractivity contribution in [2.75, 3.05) is 13.2 Å². The van der Waals surface area contributed by atoms with E-state index < -0.39 is 17.0 Å². The molecule has 1 saturated heterocycles. The van der Waals surface area contributed by atoms with Crippen LogP contribution in [0.1, 0.15) is 84.0 Å². The molecule has 0 amide bonds. The first-order valence-electron chi connectivity index (χ1n) is 14.2. The van der Waals surface area contributed by atoms with Gasteiger partial charge in [-0.2, -0.15) is 0 Å². The number of rotatable bonds is 12. The lowest BCUT2D eigenvalue weighted by Gasteiger charge is -2.39. The van der Waals surface area contributed by atoms with Gasteiger partial charge in [-0.1, -0.05) is 51.8 Å². The van der Waals surface area contributed by atoms with Gasteiger partial charge in [0, 0.05) is 23.8 Å². The zero-order valence-corrected chi connectivity index (χ0v) is 23.7. The fourth-order valence-corrected chi connectivity index (χ4v) is 6.06. The molecule has 2 aliphatic rings. The summed E-state index contributed by atoms with van der Waals surface area (Å²) in [6, 6.07) is 8.05. The molecule has 0 spiro atoms. The number of allylic oxidation sites excluding steroid dienone is 1. The van der Waals surface area contributed by atoms with Crippen molar-refractivity contribution in [3.63, 3.8) is 0 Å². The number of esters is 2. The fraction of sp³-hybridized carbons (Fsp3) is 0.625. The van der Waals surface area contributed by atoms with E-state index in [4.69, 9.17) is 13.9 Å². The molecular formula is C32H44O6. The van der Waals surface area contributed by atoms with E-state index in [1.807, 2.05) is 31.2 Å². The van der Waals surface area contributed by atoms with Gasteiger partial charge in [-0.25, -0.2) is 4.79 Å². The molecule has 0 unspecified atom stereocenters. The van der Waals surface area contributed by atoms with Gasteiger partial charge < -0.3 is 19.0 Å². The van der Waals surface area contributed by atoms with Gasteiger partial charge >= 0.3 is 11.9 Å². The third-order valence-electron chi connectivity index (χ3n) is 8.12. The highest BCUT2D eigenvalue weighted by Crippen LogP contribution is 2.46. The Morgan fingerprint density at radius 2 is 1.84 bits per heavy atom. The van der Waals surface area contributed by atoms with Crippen LogP contribution in [0, 0.1) is 30.1 Å². The Labute approximate surface area is 226 Å². The van der Waals surface area contributed by atoms with Crippen LogP contribution in [0.15, 0.2) is 40.3 Å². The Kier molecular flexibility index (Phi) is 8.71. The molecule has 1 saturated carbocycles. The molecule has 4 rings (SSSR count). The van der Waals surface area contributed by atoms with E-state index in [-0.39, 0.29) is 25.6 Å². The first-order chi connectivity index (χ1) is 18.0. The van der Waals surface area contributed by atoms with Gasteiger partial charge in [0.2, 0.25) is 0 Å². The van der Waals surface area contributed by atoms with Crippen molar-refractivity contribution >= 4 is 22.9 Å². The van der Waals surface area contributed by atoms with Gasteiger partial charge in [0.25, 0.3) is 0 Å². The van der Waals surface area contributed by atoms with E-state index >= 15 is 0 Å². The van der Waals surface area contributed by atoms with E-state index in [1.165, 1.54) is 0 Å². The molecular weight excluding hydrogens is 480 g/mol. The molecule has 1 N–H and O–H groups in total. The number of benzene rings is 1. The molecule has 1 aromatic carbocycles. The van der Waals surface area contributed by atoms with Crippen LogP contribution in [0.25, 0.3) is 11.0 Å². The summed E-state index contributed by atoms with van der Waals surface area (Å²) in [5.41, 5.74) is 0.692. The van der Waals surface area contributed by atoms with E-state index in [1.54, 1.807) is 0 Å². The summed E-state index contributed by atoms with van der Waals surface area (Å²) in [6.45, 7) is 10.4. The number of aliphatic hydroxyl groups is 1. The second-order valence-electron chi connectivity index (χ2n) is 12.6. The predicted octanol–water partition coefficient (Wildman–Crippen LogP) is 6.70. The summed E-state index contributed by atoms with van der Waals surface area (Å²) >= 11 is 0. The summed E-state index contributed by atoms with van der Waals surface area (Å²) in [6.07, 6.45) is 8.13. The molecule has 1 aliphatic heterocycles. The van der Waals surface area contributed by atoms with Gasteiger partial charge in [0.1, 0.15) is 18.0 Å². The van der Waals surface area contributed by atoms with Crippen LogP contribution < -0.4 is 0 Å². The average molecular weight is 525 g/mol. The van der Waals surface area contributed by atoms with E-state index in [2.05, 4.69) is 33.8 Å². The number of ether oxygens (including phenoxy) is 2. The monoisotopic (exact) mass is 524 g/mol. The normalized spacial score (nSPS) is 22.0. The smallest absolute Gasteiger partial charge is 0.334 e. The topological polar surface area (TPSA) is 86.0 Å². The number of furan rings is 1.